The number of aromatic nitrogens is 1. The van der Waals surface area contributed by atoms with Crippen LogP contribution in [0.15, 0.2) is 78.9 Å². The van der Waals surface area contributed by atoms with E-state index in [9.17, 15) is 26.7 Å². The maximum absolute atomic E-state index is 11.5. The van der Waals surface area contributed by atoms with E-state index in [0.29, 0.717) is 42.2 Å². The van der Waals surface area contributed by atoms with Crippen molar-refractivity contribution in [3.05, 3.63) is 97.1 Å². The molecule has 1 aromatic heterocycles. The Morgan fingerprint density at radius 3 is 2.15 bits per heavy atom. The Balaban J connectivity index is 0.000000274. The average molecular weight is 983 g/mol. The van der Waals surface area contributed by atoms with Crippen LogP contribution < -0.4 is 19.5 Å². The van der Waals surface area contributed by atoms with E-state index in [0.717, 1.165) is 41.8 Å². The van der Waals surface area contributed by atoms with Gasteiger partial charge in [0.1, 0.15) is 12.4 Å². The van der Waals surface area contributed by atoms with Gasteiger partial charge in [0, 0.05) is 48.1 Å². The fourth-order valence-corrected chi connectivity index (χ4v) is 7.37. The predicted molar refractivity (Wildman–Crippen MR) is 213 cm³/mol. The number of fused-ring (bicyclic) bond motifs is 3. The van der Waals surface area contributed by atoms with Crippen molar-refractivity contribution in [1.82, 2.24) is 10.3 Å². The molecule has 16 heteroatoms. The number of alkyl halides is 1. The number of anilines is 2. The van der Waals surface area contributed by atoms with Crippen LogP contribution in [0.1, 0.15) is 22.0 Å². The number of ether oxygens (including phenoxy) is 1. The number of aliphatic hydroxyl groups excluding tert-OH is 1. The standard InChI is InChI=1S/C23H24IN3O4S.C9H9BrINO3S/c1-32(29,30)27-22-12-15(6-9-19(22)24)23(28)14-25-10-11-31-16-7-8-18-17-4-2-3-5-20(17)26-21(18)13-16;1-16(14,15)12-8-4-6(9(13)5-10)2-3-7(8)11/h2-9,12-13,23,25-28H,10-11,14H2,1H3;2-4,12H,5H2,1H3. The lowest BCUT2D eigenvalue weighted by Gasteiger charge is -2.15. The fraction of sp³-hybridized carbons (Fsp3) is 0.219. The third-order valence-corrected chi connectivity index (χ3v) is 10.3. The molecule has 1 atom stereocenters. The van der Waals surface area contributed by atoms with Crippen molar-refractivity contribution >= 4 is 120 Å². The van der Waals surface area contributed by atoms with E-state index in [1.165, 1.54) is 11.5 Å². The third kappa shape index (κ3) is 11.3. The summed E-state index contributed by atoms with van der Waals surface area (Å²) in [5, 5.41) is 16.2. The van der Waals surface area contributed by atoms with Gasteiger partial charge in [-0.25, -0.2) is 16.8 Å². The highest BCUT2D eigenvalue weighted by Gasteiger charge is 2.13. The molecule has 1 unspecified atom stereocenters. The number of ketones is 1. The molecule has 0 amide bonds. The number of Topliss-reactive ketones (excluding diaryl/α,β-unsaturated/α-hetero) is 1. The number of hydrogen-bond acceptors (Lipinski definition) is 8. The van der Waals surface area contributed by atoms with E-state index in [4.69, 9.17) is 4.74 Å². The summed E-state index contributed by atoms with van der Waals surface area (Å²) >= 11 is 7.12. The van der Waals surface area contributed by atoms with E-state index in [2.05, 4.69) is 76.5 Å². The minimum atomic E-state index is -3.39. The van der Waals surface area contributed by atoms with Crippen molar-refractivity contribution in [2.75, 3.05) is 47.0 Å². The first-order chi connectivity index (χ1) is 22.6. The number of rotatable bonds is 13. The van der Waals surface area contributed by atoms with Gasteiger partial charge in [-0.2, -0.15) is 0 Å². The summed E-state index contributed by atoms with van der Waals surface area (Å²) in [6.45, 7) is 1.33. The van der Waals surface area contributed by atoms with Gasteiger partial charge in [0.25, 0.3) is 0 Å². The SMILES string of the molecule is CS(=O)(=O)Nc1cc(C(=O)CBr)ccc1I.CS(=O)(=O)Nc1cc(C(O)CNCCOc2ccc3c(c2)[nH]c2ccccc23)ccc1I. The topological polar surface area (TPSA) is 167 Å². The number of halogens is 3. The Hall–Kier alpha value is -2.49. The molecule has 0 saturated heterocycles. The highest BCUT2D eigenvalue weighted by molar-refractivity contribution is 14.1. The first kappa shape index (κ1) is 38.3. The number of carbonyl (C=O) groups is 1. The van der Waals surface area contributed by atoms with Crippen LogP contribution in [0.5, 0.6) is 5.75 Å². The number of carbonyl (C=O) groups excluding carboxylic acids is 1. The van der Waals surface area contributed by atoms with Crippen LogP contribution in [0.25, 0.3) is 21.8 Å². The molecule has 1 heterocycles. The maximum atomic E-state index is 11.5. The Bertz CT molecular complexity index is 2150. The second-order valence-electron chi connectivity index (χ2n) is 10.7. The van der Waals surface area contributed by atoms with Crippen molar-refractivity contribution in [3.63, 3.8) is 0 Å². The zero-order valence-electron chi connectivity index (χ0n) is 25.8. The number of para-hydroxylation sites is 1. The molecule has 0 aliphatic rings. The molecule has 5 N–H and O–H groups in total. The number of aromatic amines is 1. The fourth-order valence-electron chi connectivity index (χ4n) is 4.60. The summed E-state index contributed by atoms with van der Waals surface area (Å²) in [5.74, 6) is 0.688. The van der Waals surface area contributed by atoms with Gasteiger partial charge >= 0.3 is 0 Å². The molecule has 48 heavy (non-hydrogen) atoms. The van der Waals surface area contributed by atoms with Crippen LogP contribution in [-0.4, -0.2) is 70.2 Å². The normalized spacial score (nSPS) is 12.3. The summed E-state index contributed by atoms with van der Waals surface area (Å²) in [7, 11) is -6.71. The minimum absolute atomic E-state index is 0.0899. The molecule has 0 radical (unpaired) electrons. The molecule has 5 rings (SSSR count). The van der Waals surface area contributed by atoms with Crippen LogP contribution >= 0.6 is 61.1 Å². The van der Waals surface area contributed by atoms with E-state index >= 15 is 0 Å². The smallest absolute Gasteiger partial charge is 0.229 e. The zero-order valence-corrected chi connectivity index (χ0v) is 33.3. The number of nitrogens with one attached hydrogen (secondary N) is 4. The molecule has 0 aliphatic heterocycles. The lowest BCUT2D eigenvalue weighted by atomic mass is 10.1. The Labute approximate surface area is 315 Å². The molecule has 0 saturated carbocycles. The van der Waals surface area contributed by atoms with E-state index in [1.807, 2.05) is 46.9 Å². The molecular weight excluding hydrogens is 950 g/mol. The van der Waals surface area contributed by atoms with Gasteiger partial charge in [0.05, 0.1) is 40.8 Å². The van der Waals surface area contributed by atoms with Crippen LogP contribution in [0, 0.1) is 7.14 Å². The minimum Gasteiger partial charge on any atom is -0.492 e. The summed E-state index contributed by atoms with van der Waals surface area (Å²) < 4.78 is 57.4. The Kier molecular flexibility index (Phi) is 13.5. The lowest BCUT2D eigenvalue weighted by Crippen LogP contribution is -2.26. The molecule has 4 aromatic carbocycles. The van der Waals surface area contributed by atoms with Crippen LogP contribution in [0.2, 0.25) is 0 Å². The number of sulfonamides is 2. The van der Waals surface area contributed by atoms with E-state index in [1.54, 1.807) is 30.3 Å². The Morgan fingerprint density at radius 2 is 1.48 bits per heavy atom. The second kappa shape index (κ2) is 16.9. The molecule has 5 aromatic rings. The van der Waals surface area contributed by atoms with Crippen molar-refractivity contribution in [2.45, 2.75) is 6.10 Å². The van der Waals surface area contributed by atoms with Crippen molar-refractivity contribution in [1.29, 1.82) is 0 Å². The molecule has 0 spiro atoms. The van der Waals surface area contributed by atoms with Crippen LogP contribution in [-0.2, 0) is 20.0 Å². The quantitative estimate of drug-likeness (QED) is 0.0401. The summed E-state index contributed by atoms with van der Waals surface area (Å²) in [5.41, 5.74) is 4.12. The van der Waals surface area contributed by atoms with Gasteiger partial charge in [-0.05, 0) is 93.2 Å². The van der Waals surface area contributed by atoms with E-state index < -0.39 is 26.2 Å². The number of H-pyrrole nitrogens is 1. The molecule has 256 valence electrons. The predicted octanol–water partition coefficient (Wildman–Crippen LogP) is 6.24. The summed E-state index contributed by atoms with van der Waals surface area (Å²) in [6, 6.07) is 24.3. The van der Waals surface area contributed by atoms with E-state index in [-0.39, 0.29) is 11.1 Å². The largest absolute Gasteiger partial charge is 0.492 e. The molecule has 0 aliphatic carbocycles. The zero-order chi connectivity index (χ0) is 35.1. The Morgan fingerprint density at radius 1 is 0.854 bits per heavy atom. The number of hydrogen-bond donors (Lipinski definition) is 5. The summed E-state index contributed by atoms with van der Waals surface area (Å²) in [4.78, 5) is 14.8. The summed E-state index contributed by atoms with van der Waals surface area (Å²) in [6.07, 6.45) is 1.40. The van der Waals surface area contributed by atoms with Gasteiger partial charge in [-0.1, -0.05) is 46.3 Å². The first-order valence-electron chi connectivity index (χ1n) is 14.3. The van der Waals surface area contributed by atoms with Crippen molar-refractivity contribution in [3.8, 4) is 5.75 Å². The second-order valence-corrected chi connectivity index (χ2v) is 17.1. The van der Waals surface area contributed by atoms with Gasteiger partial charge in [-0.3, -0.25) is 14.2 Å². The average Bonchev–Trinajstić information content (AvgIpc) is 3.39. The van der Waals surface area contributed by atoms with Crippen molar-refractivity contribution in [2.24, 2.45) is 0 Å². The van der Waals surface area contributed by atoms with Crippen molar-refractivity contribution < 1.29 is 31.5 Å². The maximum Gasteiger partial charge on any atom is 0.229 e. The van der Waals surface area contributed by atoms with Gasteiger partial charge in [0.2, 0.25) is 20.0 Å². The molecule has 11 nitrogen and oxygen atoms in total. The monoisotopic (exact) mass is 982 g/mol. The highest BCUT2D eigenvalue weighted by Crippen LogP contribution is 2.28. The molecule has 0 bridgehead atoms. The highest BCUT2D eigenvalue weighted by atomic mass is 127. The van der Waals surface area contributed by atoms with Gasteiger partial charge in [0.15, 0.2) is 5.78 Å². The molecular formula is C32H33BrI2N4O7S2. The lowest BCUT2D eigenvalue weighted by molar-refractivity contribution is 0.102. The third-order valence-electron chi connectivity index (χ3n) is 6.74. The number of aliphatic hydroxyl groups is 1. The number of benzene rings is 4. The first-order valence-corrected chi connectivity index (χ1v) is 21.4. The molecule has 0 fully saturated rings. The van der Waals surface area contributed by atoms with Gasteiger partial charge in [-0.15, -0.1) is 0 Å². The van der Waals surface area contributed by atoms with Crippen LogP contribution in [0.3, 0.4) is 0 Å². The van der Waals surface area contributed by atoms with Crippen LogP contribution in [0.4, 0.5) is 11.4 Å². The van der Waals surface area contributed by atoms with Gasteiger partial charge < -0.3 is 20.1 Å².